The summed E-state index contributed by atoms with van der Waals surface area (Å²) in [5.41, 5.74) is 1.48. The second kappa shape index (κ2) is 5.41. The van der Waals surface area contributed by atoms with Crippen molar-refractivity contribution in [3.63, 3.8) is 0 Å². The molecule has 25 heavy (non-hydrogen) atoms. The van der Waals surface area contributed by atoms with Gasteiger partial charge in [-0.05, 0) is 54.4 Å². The minimum absolute atomic E-state index is 0.0662. The van der Waals surface area contributed by atoms with Crippen LogP contribution in [0, 0.1) is 16.6 Å². The van der Waals surface area contributed by atoms with Gasteiger partial charge in [-0.25, -0.2) is 4.39 Å². The first-order valence-corrected chi connectivity index (χ1v) is 8.78. The van der Waals surface area contributed by atoms with Gasteiger partial charge in [-0.2, -0.15) is 0 Å². The van der Waals surface area contributed by atoms with Crippen LogP contribution in [-0.4, -0.2) is 28.6 Å². The largest absolute Gasteiger partial charge is 0.355 e. The summed E-state index contributed by atoms with van der Waals surface area (Å²) >= 11 is 0. The predicted molar refractivity (Wildman–Crippen MR) is 92.5 cm³/mol. The summed E-state index contributed by atoms with van der Waals surface area (Å²) in [6.45, 7) is 7.63. The number of amides is 1. The van der Waals surface area contributed by atoms with Gasteiger partial charge in [0.15, 0.2) is 11.5 Å². The summed E-state index contributed by atoms with van der Waals surface area (Å²) in [7, 11) is 0. The Morgan fingerprint density at radius 3 is 2.68 bits per heavy atom. The fraction of sp³-hybridized carbons (Fsp3) is 0.500. The molecule has 0 spiro atoms. The van der Waals surface area contributed by atoms with Crippen LogP contribution in [0.3, 0.4) is 0 Å². The van der Waals surface area contributed by atoms with Crippen molar-refractivity contribution in [2.45, 2.75) is 46.1 Å². The summed E-state index contributed by atoms with van der Waals surface area (Å²) in [6.07, 6.45) is 3.22. The van der Waals surface area contributed by atoms with E-state index < -0.39 is 0 Å². The molecule has 1 aliphatic carbocycles. The van der Waals surface area contributed by atoms with Crippen LogP contribution in [-0.2, 0) is 0 Å². The van der Waals surface area contributed by atoms with Crippen molar-refractivity contribution in [2.24, 2.45) is 10.8 Å². The van der Waals surface area contributed by atoms with Crippen LogP contribution < -0.4 is 0 Å². The average molecular weight is 342 g/mol. The second-order valence-electron chi connectivity index (χ2n) is 8.73. The molecular formula is C20H23FN2O2. The molecule has 1 aromatic carbocycles. The Morgan fingerprint density at radius 2 is 1.96 bits per heavy atom. The van der Waals surface area contributed by atoms with Crippen molar-refractivity contribution in [3.05, 3.63) is 41.8 Å². The van der Waals surface area contributed by atoms with Crippen LogP contribution in [0.5, 0.6) is 0 Å². The molecule has 1 aliphatic heterocycles. The lowest BCUT2D eigenvalue weighted by molar-refractivity contribution is 0.0698. The molecule has 132 valence electrons. The number of nitrogens with zero attached hydrogens (tertiary/aromatic N) is 2. The van der Waals surface area contributed by atoms with Crippen LogP contribution in [0.2, 0.25) is 0 Å². The molecule has 0 unspecified atom stereocenters. The van der Waals surface area contributed by atoms with Gasteiger partial charge in [-0.3, -0.25) is 4.79 Å². The fourth-order valence-electron chi connectivity index (χ4n) is 4.97. The quantitative estimate of drug-likeness (QED) is 0.806. The maximum atomic E-state index is 13.1. The maximum Gasteiger partial charge on any atom is 0.276 e. The van der Waals surface area contributed by atoms with Gasteiger partial charge < -0.3 is 9.42 Å². The standard InChI is InChI=1S/C20H23FN2O2/c1-19(2)9-15-10-20(3,11-19)12-23(15)18(24)16-8-17(25-22-16)13-4-6-14(21)7-5-13/h4-8,15H,9-12H2,1-3H3/t15-,20+/m0/s1. The van der Waals surface area contributed by atoms with Crippen molar-refractivity contribution in [3.8, 4) is 11.3 Å². The Labute approximate surface area is 147 Å². The van der Waals surface area contributed by atoms with Crippen LogP contribution in [0.25, 0.3) is 11.3 Å². The number of hydrogen-bond donors (Lipinski definition) is 0. The zero-order chi connectivity index (χ0) is 17.8. The maximum absolute atomic E-state index is 13.1. The molecule has 4 nitrogen and oxygen atoms in total. The summed E-state index contributed by atoms with van der Waals surface area (Å²) in [5, 5.41) is 3.97. The third-order valence-corrected chi connectivity index (χ3v) is 5.53. The van der Waals surface area contributed by atoms with Crippen molar-refractivity contribution in [2.75, 3.05) is 6.54 Å². The van der Waals surface area contributed by atoms with E-state index in [0.29, 0.717) is 17.0 Å². The molecule has 1 saturated heterocycles. The number of likely N-dealkylation sites (tertiary alicyclic amines) is 1. The first-order valence-electron chi connectivity index (χ1n) is 8.78. The molecule has 0 N–H and O–H groups in total. The van der Waals surface area contributed by atoms with E-state index in [1.807, 2.05) is 4.90 Å². The molecule has 2 heterocycles. The topological polar surface area (TPSA) is 46.3 Å². The van der Waals surface area contributed by atoms with Gasteiger partial charge in [-0.1, -0.05) is 25.9 Å². The van der Waals surface area contributed by atoms with Crippen molar-refractivity contribution < 1.29 is 13.7 Å². The fourth-order valence-corrected chi connectivity index (χ4v) is 4.97. The molecular weight excluding hydrogens is 319 g/mol. The lowest BCUT2D eigenvalue weighted by Crippen LogP contribution is -2.37. The monoisotopic (exact) mass is 342 g/mol. The van der Waals surface area contributed by atoms with Crippen LogP contribution >= 0.6 is 0 Å². The van der Waals surface area contributed by atoms with Crippen LogP contribution in [0.15, 0.2) is 34.9 Å². The van der Waals surface area contributed by atoms with E-state index >= 15 is 0 Å². The van der Waals surface area contributed by atoms with E-state index in [0.717, 1.165) is 25.8 Å². The Morgan fingerprint density at radius 1 is 1.24 bits per heavy atom. The number of fused-ring (bicyclic) bond motifs is 2. The Kier molecular flexibility index (Phi) is 3.53. The Balaban J connectivity index is 1.57. The number of carbonyl (C=O) groups is 1. The second-order valence-corrected chi connectivity index (χ2v) is 8.73. The lowest BCUT2D eigenvalue weighted by Gasteiger charge is -2.39. The van der Waals surface area contributed by atoms with E-state index in [1.54, 1.807) is 18.2 Å². The molecule has 2 atom stereocenters. The van der Waals surface area contributed by atoms with E-state index in [-0.39, 0.29) is 28.6 Å². The van der Waals surface area contributed by atoms with Gasteiger partial charge >= 0.3 is 0 Å². The van der Waals surface area contributed by atoms with E-state index in [9.17, 15) is 9.18 Å². The Hall–Kier alpha value is -2.17. The zero-order valence-corrected chi connectivity index (χ0v) is 14.9. The molecule has 5 heteroatoms. The van der Waals surface area contributed by atoms with Gasteiger partial charge in [0.1, 0.15) is 5.82 Å². The molecule has 2 bridgehead atoms. The number of halogens is 1. The zero-order valence-electron chi connectivity index (χ0n) is 14.9. The predicted octanol–water partition coefficient (Wildman–Crippen LogP) is 4.52. The highest BCUT2D eigenvalue weighted by atomic mass is 19.1. The number of rotatable bonds is 2. The average Bonchev–Trinajstić information content (AvgIpc) is 3.09. The van der Waals surface area contributed by atoms with Gasteiger partial charge in [0, 0.05) is 24.2 Å². The molecule has 2 aliphatic rings. The molecule has 1 amide bonds. The van der Waals surface area contributed by atoms with Gasteiger partial charge in [0.05, 0.1) is 0 Å². The van der Waals surface area contributed by atoms with Crippen molar-refractivity contribution in [1.82, 2.24) is 10.1 Å². The molecule has 2 aromatic rings. The molecule has 4 rings (SSSR count). The third-order valence-electron chi connectivity index (χ3n) is 5.53. The number of benzene rings is 1. The Bertz CT molecular complexity index is 811. The summed E-state index contributed by atoms with van der Waals surface area (Å²) in [6, 6.07) is 7.91. The first kappa shape index (κ1) is 16.3. The highest BCUT2D eigenvalue weighted by Gasteiger charge is 2.51. The van der Waals surface area contributed by atoms with E-state index in [2.05, 4.69) is 25.9 Å². The van der Waals surface area contributed by atoms with Crippen molar-refractivity contribution in [1.29, 1.82) is 0 Å². The van der Waals surface area contributed by atoms with Gasteiger partial charge in [0.2, 0.25) is 0 Å². The minimum atomic E-state index is -0.306. The highest BCUT2D eigenvalue weighted by molar-refractivity contribution is 5.93. The molecule has 0 radical (unpaired) electrons. The SMILES string of the molecule is CC1(C)C[C@H]2C[C@@](C)(CN2C(=O)c2cc(-c3ccc(F)cc3)on2)C1. The number of carbonyl (C=O) groups excluding carboxylic acids is 1. The number of aromatic nitrogens is 1. The summed E-state index contributed by atoms with van der Waals surface area (Å²) in [4.78, 5) is 15.0. The smallest absolute Gasteiger partial charge is 0.276 e. The number of hydrogen-bond acceptors (Lipinski definition) is 3. The van der Waals surface area contributed by atoms with Crippen molar-refractivity contribution >= 4 is 5.91 Å². The van der Waals surface area contributed by atoms with E-state index in [1.165, 1.54) is 12.1 Å². The summed E-state index contributed by atoms with van der Waals surface area (Å²) in [5.74, 6) is 0.111. The van der Waals surface area contributed by atoms with Gasteiger partial charge in [0.25, 0.3) is 5.91 Å². The van der Waals surface area contributed by atoms with Crippen LogP contribution in [0.1, 0.15) is 50.5 Å². The molecule has 1 aromatic heterocycles. The minimum Gasteiger partial charge on any atom is -0.355 e. The molecule has 1 saturated carbocycles. The normalized spacial score (nSPS) is 27.5. The summed E-state index contributed by atoms with van der Waals surface area (Å²) < 4.78 is 18.4. The van der Waals surface area contributed by atoms with E-state index in [4.69, 9.17) is 4.52 Å². The lowest BCUT2D eigenvalue weighted by atomic mass is 9.65. The van der Waals surface area contributed by atoms with Gasteiger partial charge in [-0.15, -0.1) is 0 Å². The first-order chi connectivity index (χ1) is 11.7. The third kappa shape index (κ3) is 2.96. The molecule has 2 fully saturated rings. The van der Waals surface area contributed by atoms with Crippen LogP contribution in [0.4, 0.5) is 4.39 Å². The highest BCUT2D eigenvalue weighted by Crippen LogP contribution is 2.52.